The molecule has 1 saturated heterocycles. The van der Waals surface area contributed by atoms with Gasteiger partial charge in [0.25, 0.3) is 0 Å². The third-order valence-electron chi connectivity index (χ3n) is 5.21. The van der Waals surface area contributed by atoms with Crippen molar-refractivity contribution in [3.8, 4) is 0 Å². The quantitative estimate of drug-likeness (QED) is 0.650. The molecule has 1 N–H and O–H groups in total. The van der Waals surface area contributed by atoms with Crippen molar-refractivity contribution in [1.82, 2.24) is 10.2 Å². The number of likely N-dealkylation sites (tertiary alicyclic amines) is 1. The van der Waals surface area contributed by atoms with E-state index in [2.05, 4.69) is 31.0 Å². The highest BCUT2D eigenvalue weighted by Crippen LogP contribution is 2.35. The summed E-state index contributed by atoms with van der Waals surface area (Å²) in [5.41, 5.74) is 0.802. The Morgan fingerprint density at radius 1 is 1.30 bits per heavy atom. The lowest BCUT2D eigenvalue weighted by Gasteiger charge is -2.33. The highest BCUT2D eigenvalue weighted by Gasteiger charge is 2.37. The van der Waals surface area contributed by atoms with Gasteiger partial charge in [-0.25, -0.2) is 8.78 Å². The van der Waals surface area contributed by atoms with E-state index in [1.807, 2.05) is 0 Å². The first-order chi connectivity index (χ1) is 12.8. The van der Waals surface area contributed by atoms with Gasteiger partial charge in [-0.2, -0.15) is 0 Å². The van der Waals surface area contributed by atoms with Crippen LogP contribution in [-0.2, 0) is 9.53 Å². The second kappa shape index (κ2) is 10.1. The zero-order valence-corrected chi connectivity index (χ0v) is 16.8. The monoisotopic (exact) mass is 382 g/mol. The number of carbonyl (C=O) groups excluding carboxylic acids is 1. The molecule has 0 aliphatic carbocycles. The molecule has 152 valence electrons. The van der Waals surface area contributed by atoms with Gasteiger partial charge in [-0.05, 0) is 64.7 Å². The van der Waals surface area contributed by atoms with E-state index >= 15 is 0 Å². The predicted molar refractivity (Wildman–Crippen MR) is 102 cm³/mol. The Balaban J connectivity index is 2.01. The number of carbonyl (C=O) groups is 1. The molecule has 0 radical (unpaired) electrons. The van der Waals surface area contributed by atoms with Gasteiger partial charge in [0, 0.05) is 31.1 Å². The Labute approximate surface area is 161 Å². The Morgan fingerprint density at radius 3 is 2.67 bits per heavy atom. The first-order valence-electron chi connectivity index (χ1n) is 9.95. The molecule has 1 aliphatic rings. The van der Waals surface area contributed by atoms with Crippen LogP contribution in [0, 0.1) is 11.6 Å². The third-order valence-corrected chi connectivity index (χ3v) is 5.21. The van der Waals surface area contributed by atoms with Gasteiger partial charge in [-0.3, -0.25) is 9.69 Å². The molecule has 3 atom stereocenters. The van der Waals surface area contributed by atoms with Crippen molar-refractivity contribution in [2.24, 2.45) is 0 Å². The van der Waals surface area contributed by atoms with Crippen molar-refractivity contribution in [3.63, 3.8) is 0 Å². The molecule has 1 fully saturated rings. The molecule has 0 spiro atoms. The number of hydrogen-bond acceptors (Lipinski definition) is 4. The minimum atomic E-state index is -0.815. The topological polar surface area (TPSA) is 41.6 Å². The maximum atomic E-state index is 13.8. The Morgan fingerprint density at radius 2 is 2.04 bits per heavy atom. The van der Waals surface area contributed by atoms with Crippen LogP contribution in [0.2, 0.25) is 0 Å². The summed E-state index contributed by atoms with van der Waals surface area (Å²) in [6.07, 6.45) is 3.00. The lowest BCUT2D eigenvalue weighted by Crippen LogP contribution is -2.42. The fourth-order valence-corrected chi connectivity index (χ4v) is 3.92. The molecule has 4 nitrogen and oxygen atoms in total. The number of esters is 1. The predicted octanol–water partition coefficient (Wildman–Crippen LogP) is 4.20. The normalized spacial score (nSPS) is 21.6. The van der Waals surface area contributed by atoms with Crippen molar-refractivity contribution in [3.05, 3.63) is 35.4 Å². The van der Waals surface area contributed by atoms with Crippen molar-refractivity contribution in [2.45, 2.75) is 77.5 Å². The zero-order chi connectivity index (χ0) is 20.0. The van der Waals surface area contributed by atoms with Crippen molar-refractivity contribution in [1.29, 1.82) is 0 Å². The summed E-state index contributed by atoms with van der Waals surface area (Å²) in [4.78, 5) is 13.8. The number of ether oxygens (including phenoxy) is 1. The molecule has 1 aliphatic heterocycles. The minimum Gasteiger partial charge on any atom is -0.466 e. The van der Waals surface area contributed by atoms with E-state index in [0.717, 1.165) is 31.4 Å². The second-order valence-corrected chi connectivity index (χ2v) is 7.61. The summed E-state index contributed by atoms with van der Waals surface area (Å²) in [6.45, 7) is 9.48. The molecule has 27 heavy (non-hydrogen) atoms. The molecule has 0 saturated carbocycles. The Bertz CT molecular complexity index is 624. The van der Waals surface area contributed by atoms with Gasteiger partial charge < -0.3 is 10.1 Å². The molecule has 6 heteroatoms. The molecular formula is C21H32F2N2O2. The van der Waals surface area contributed by atoms with Gasteiger partial charge in [0.1, 0.15) is 0 Å². The highest BCUT2D eigenvalue weighted by molar-refractivity contribution is 5.69. The van der Waals surface area contributed by atoms with Crippen molar-refractivity contribution >= 4 is 5.97 Å². The van der Waals surface area contributed by atoms with Crippen LogP contribution in [0.15, 0.2) is 18.2 Å². The number of nitrogens with zero attached hydrogens (tertiary/aromatic N) is 1. The first kappa shape index (κ1) is 21.8. The molecule has 0 unspecified atom stereocenters. The molecule has 1 aromatic rings. The van der Waals surface area contributed by atoms with E-state index in [1.165, 1.54) is 12.1 Å². The van der Waals surface area contributed by atoms with Crippen LogP contribution < -0.4 is 5.32 Å². The van der Waals surface area contributed by atoms with E-state index in [-0.39, 0.29) is 24.1 Å². The number of halogens is 2. The van der Waals surface area contributed by atoms with Crippen LogP contribution >= 0.6 is 0 Å². The minimum absolute atomic E-state index is 0.00704. The summed E-state index contributed by atoms with van der Waals surface area (Å²) in [6, 6.07) is 4.92. The SMILES string of the molecule is CCOC(=O)CCC[C@H](C)N[C@H]1CCN(C(C)C)[C@H]1c1ccc(F)c(F)c1. The van der Waals surface area contributed by atoms with Gasteiger partial charge in [0.15, 0.2) is 11.6 Å². The summed E-state index contributed by atoms with van der Waals surface area (Å²) < 4.78 is 32.1. The fourth-order valence-electron chi connectivity index (χ4n) is 3.92. The summed E-state index contributed by atoms with van der Waals surface area (Å²) >= 11 is 0. The maximum Gasteiger partial charge on any atom is 0.305 e. The van der Waals surface area contributed by atoms with Gasteiger partial charge in [0.2, 0.25) is 0 Å². The standard InChI is InChI=1S/C21H32F2N2O2/c1-5-27-20(26)8-6-7-15(4)24-19-11-12-25(14(2)3)21(19)16-9-10-17(22)18(23)13-16/h9-10,13-15,19,21,24H,5-8,11-12H2,1-4H3/t15-,19-,21-/m0/s1. The van der Waals surface area contributed by atoms with Gasteiger partial charge in [-0.15, -0.1) is 0 Å². The molecule has 0 bridgehead atoms. The lowest BCUT2D eigenvalue weighted by atomic mass is 9.97. The van der Waals surface area contributed by atoms with Gasteiger partial charge in [-0.1, -0.05) is 6.07 Å². The average molecular weight is 382 g/mol. The van der Waals surface area contributed by atoms with Gasteiger partial charge >= 0.3 is 5.97 Å². The molecular weight excluding hydrogens is 350 g/mol. The summed E-state index contributed by atoms with van der Waals surface area (Å²) in [7, 11) is 0. The summed E-state index contributed by atoms with van der Waals surface area (Å²) in [5, 5.41) is 3.64. The van der Waals surface area contributed by atoms with E-state index in [4.69, 9.17) is 4.74 Å². The first-order valence-corrected chi connectivity index (χ1v) is 9.95. The van der Waals surface area contributed by atoms with E-state index in [0.29, 0.717) is 19.1 Å². The second-order valence-electron chi connectivity index (χ2n) is 7.61. The third kappa shape index (κ3) is 5.98. The van der Waals surface area contributed by atoms with Crippen LogP contribution in [-0.4, -0.2) is 42.1 Å². The number of nitrogens with one attached hydrogen (secondary N) is 1. The van der Waals surface area contributed by atoms with Crippen LogP contribution in [0.25, 0.3) is 0 Å². The van der Waals surface area contributed by atoms with E-state index < -0.39 is 11.6 Å². The number of rotatable bonds is 9. The lowest BCUT2D eigenvalue weighted by molar-refractivity contribution is -0.143. The number of benzene rings is 1. The van der Waals surface area contributed by atoms with Crippen LogP contribution in [0.5, 0.6) is 0 Å². The van der Waals surface area contributed by atoms with Crippen molar-refractivity contribution in [2.75, 3.05) is 13.2 Å². The maximum absolute atomic E-state index is 13.8. The largest absolute Gasteiger partial charge is 0.466 e. The Hall–Kier alpha value is -1.53. The molecule has 1 aromatic carbocycles. The zero-order valence-electron chi connectivity index (χ0n) is 16.8. The van der Waals surface area contributed by atoms with Crippen LogP contribution in [0.4, 0.5) is 8.78 Å². The van der Waals surface area contributed by atoms with Crippen molar-refractivity contribution < 1.29 is 18.3 Å². The van der Waals surface area contributed by atoms with E-state index in [1.54, 1.807) is 13.0 Å². The fraction of sp³-hybridized carbons (Fsp3) is 0.667. The highest BCUT2D eigenvalue weighted by atomic mass is 19.2. The molecule has 0 amide bonds. The summed E-state index contributed by atoms with van der Waals surface area (Å²) in [5.74, 6) is -1.77. The Kier molecular flexibility index (Phi) is 8.17. The smallest absolute Gasteiger partial charge is 0.305 e. The molecule has 0 aromatic heterocycles. The number of hydrogen-bond donors (Lipinski definition) is 1. The molecule has 2 rings (SSSR count). The average Bonchev–Trinajstić information content (AvgIpc) is 3.01. The van der Waals surface area contributed by atoms with Gasteiger partial charge in [0.05, 0.1) is 12.6 Å². The molecule has 1 heterocycles. The van der Waals surface area contributed by atoms with E-state index in [9.17, 15) is 13.6 Å². The van der Waals surface area contributed by atoms with Crippen LogP contribution in [0.1, 0.15) is 65.0 Å². The van der Waals surface area contributed by atoms with Crippen LogP contribution in [0.3, 0.4) is 0 Å².